The van der Waals surface area contributed by atoms with E-state index in [0.717, 1.165) is 49.5 Å². The molecule has 0 bridgehead atoms. The van der Waals surface area contributed by atoms with E-state index in [0.29, 0.717) is 10.9 Å². The van der Waals surface area contributed by atoms with E-state index in [4.69, 9.17) is 11.6 Å². The van der Waals surface area contributed by atoms with Crippen LogP contribution in [-0.4, -0.2) is 55.6 Å². The highest BCUT2D eigenvalue weighted by atomic mass is 35.5. The molecule has 142 valence electrons. The Kier molecular flexibility index (Phi) is 4.96. The molecule has 1 aromatic heterocycles. The Morgan fingerprint density at radius 1 is 1.11 bits per heavy atom. The number of anilines is 2. The van der Waals surface area contributed by atoms with Gasteiger partial charge < -0.3 is 14.7 Å². The summed E-state index contributed by atoms with van der Waals surface area (Å²) in [6, 6.07) is 12.0. The number of carbonyl (C=O) groups excluding carboxylic acids is 1. The normalized spacial score (nSPS) is 21.9. The summed E-state index contributed by atoms with van der Waals surface area (Å²) >= 11 is 5.97. The van der Waals surface area contributed by atoms with Crippen LogP contribution >= 0.6 is 11.6 Å². The van der Waals surface area contributed by atoms with Gasteiger partial charge >= 0.3 is 0 Å². The Morgan fingerprint density at radius 2 is 1.85 bits per heavy atom. The molecule has 5 nitrogen and oxygen atoms in total. The predicted molar refractivity (Wildman–Crippen MR) is 110 cm³/mol. The lowest BCUT2D eigenvalue weighted by atomic mass is 9.92. The first kappa shape index (κ1) is 18.1. The first-order chi connectivity index (χ1) is 13.0. The van der Waals surface area contributed by atoms with Crippen LogP contribution in [0.25, 0.3) is 0 Å². The van der Waals surface area contributed by atoms with Crippen LogP contribution in [0.4, 0.5) is 11.5 Å². The van der Waals surface area contributed by atoms with Crippen LogP contribution < -0.4 is 9.80 Å². The SMILES string of the molecule is CN(C)c1ccc(C(=O)N2CCC3CCN(c4ccc(Cl)cn4)CC32)cc1. The van der Waals surface area contributed by atoms with E-state index in [2.05, 4.69) is 14.8 Å². The number of aromatic nitrogens is 1. The summed E-state index contributed by atoms with van der Waals surface area (Å²) in [7, 11) is 4.01. The van der Waals surface area contributed by atoms with E-state index >= 15 is 0 Å². The van der Waals surface area contributed by atoms with Gasteiger partial charge in [-0.25, -0.2) is 4.98 Å². The van der Waals surface area contributed by atoms with Crippen molar-refractivity contribution in [2.45, 2.75) is 18.9 Å². The monoisotopic (exact) mass is 384 g/mol. The smallest absolute Gasteiger partial charge is 0.254 e. The number of piperidine rings is 1. The van der Waals surface area contributed by atoms with E-state index in [1.807, 2.05) is 55.4 Å². The van der Waals surface area contributed by atoms with Gasteiger partial charge in [-0.05, 0) is 55.2 Å². The average Bonchev–Trinajstić information content (AvgIpc) is 3.11. The lowest BCUT2D eigenvalue weighted by Gasteiger charge is -2.39. The van der Waals surface area contributed by atoms with Crippen molar-refractivity contribution in [2.24, 2.45) is 5.92 Å². The van der Waals surface area contributed by atoms with Gasteiger partial charge in [0.25, 0.3) is 5.91 Å². The molecular weight excluding hydrogens is 360 g/mol. The molecule has 2 fully saturated rings. The fraction of sp³-hybridized carbons (Fsp3) is 0.429. The molecule has 2 aliphatic heterocycles. The summed E-state index contributed by atoms with van der Waals surface area (Å²) in [5.74, 6) is 1.66. The number of pyridine rings is 1. The highest BCUT2D eigenvalue weighted by Crippen LogP contribution is 2.34. The van der Waals surface area contributed by atoms with Crippen molar-refractivity contribution in [3.05, 3.63) is 53.2 Å². The van der Waals surface area contributed by atoms with Crippen molar-refractivity contribution in [1.29, 1.82) is 0 Å². The number of halogens is 1. The molecule has 0 radical (unpaired) electrons. The predicted octanol–water partition coefficient (Wildman–Crippen LogP) is 3.54. The summed E-state index contributed by atoms with van der Waals surface area (Å²) in [6.45, 7) is 2.65. The van der Waals surface area contributed by atoms with Gasteiger partial charge in [-0.2, -0.15) is 0 Å². The van der Waals surface area contributed by atoms with E-state index in [9.17, 15) is 4.79 Å². The van der Waals surface area contributed by atoms with Crippen LogP contribution in [0.15, 0.2) is 42.6 Å². The Balaban J connectivity index is 1.50. The summed E-state index contributed by atoms with van der Waals surface area (Å²) in [5, 5.41) is 0.646. The number of fused-ring (bicyclic) bond motifs is 1. The molecule has 2 atom stereocenters. The van der Waals surface area contributed by atoms with Crippen molar-refractivity contribution in [1.82, 2.24) is 9.88 Å². The fourth-order valence-electron chi connectivity index (χ4n) is 4.22. The molecule has 3 heterocycles. The van der Waals surface area contributed by atoms with Crippen molar-refractivity contribution in [3.8, 4) is 0 Å². The topological polar surface area (TPSA) is 39.7 Å². The molecule has 4 rings (SSSR count). The zero-order chi connectivity index (χ0) is 19.0. The fourth-order valence-corrected chi connectivity index (χ4v) is 4.34. The standard InChI is InChI=1S/C21H25ClN4O/c1-24(2)18-6-3-16(4-7-18)21(27)26-12-10-15-9-11-25(14-19(15)26)20-8-5-17(22)13-23-20/h3-8,13,15,19H,9-12,14H2,1-2H3. The molecule has 2 saturated heterocycles. The van der Waals surface area contributed by atoms with Crippen LogP contribution in [-0.2, 0) is 0 Å². The van der Waals surface area contributed by atoms with E-state index in [1.54, 1.807) is 6.20 Å². The number of nitrogens with zero attached hydrogens (tertiary/aromatic N) is 4. The zero-order valence-electron chi connectivity index (χ0n) is 15.8. The van der Waals surface area contributed by atoms with E-state index < -0.39 is 0 Å². The van der Waals surface area contributed by atoms with Gasteiger partial charge in [-0.1, -0.05) is 11.6 Å². The molecule has 0 aliphatic carbocycles. The molecule has 2 aromatic rings. The maximum atomic E-state index is 13.1. The second-order valence-electron chi connectivity index (χ2n) is 7.63. The first-order valence-electron chi connectivity index (χ1n) is 9.48. The molecule has 0 spiro atoms. The van der Waals surface area contributed by atoms with Gasteiger partial charge in [-0.15, -0.1) is 0 Å². The van der Waals surface area contributed by atoms with E-state index in [-0.39, 0.29) is 11.9 Å². The van der Waals surface area contributed by atoms with Gasteiger partial charge in [0.15, 0.2) is 0 Å². The molecule has 1 amide bonds. The number of benzene rings is 1. The molecule has 2 aliphatic rings. The molecule has 0 N–H and O–H groups in total. The molecule has 1 aromatic carbocycles. The number of rotatable bonds is 3. The van der Waals surface area contributed by atoms with Crippen LogP contribution in [0.3, 0.4) is 0 Å². The van der Waals surface area contributed by atoms with Crippen LogP contribution in [0.2, 0.25) is 5.02 Å². The number of hydrogen-bond acceptors (Lipinski definition) is 4. The minimum atomic E-state index is 0.138. The Hall–Kier alpha value is -2.27. The molecule has 6 heteroatoms. The largest absolute Gasteiger partial charge is 0.378 e. The van der Waals surface area contributed by atoms with Crippen molar-refractivity contribution in [2.75, 3.05) is 43.5 Å². The number of carbonyl (C=O) groups is 1. The summed E-state index contributed by atoms with van der Waals surface area (Å²) in [6.07, 6.45) is 3.87. The third-order valence-electron chi connectivity index (χ3n) is 5.79. The van der Waals surface area contributed by atoms with Crippen molar-refractivity contribution < 1.29 is 4.79 Å². The summed E-state index contributed by atoms with van der Waals surface area (Å²) in [4.78, 5) is 24.0. The average molecular weight is 385 g/mol. The van der Waals surface area contributed by atoms with Crippen LogP contribution in [0.1, 0.15) is 23.2 Å². The van der Waals surface area contributed by atoms with Gasteiger partial charge in [0, 0.05) is 51.2 Å². The van der Waals surface area contributed by atoms with Crippen molar-refractivity contribution in [3.63, 3.8) is 0 Å². The van der Waals surface area contributed by atoms with Gasteiger partial charge in [0.1, 0.15) is 5.82 Å². The molecular formula is C21H25ClN4O. The second kappa shape index (κ2) is 7.39. The Bertz CT molecular complexity index is 806. The van der Waals surface area contributed by atoms with E-state index in [1.165, 1.54) is 0 Å². The maximum Gasteiger partial charge on any atom is 0.254 e. The van der Waals surface area contributed by atoms with Gasteiger partial charge in [-0.3, -0.25) is 4.79 Å². The third-order valence-corrected chi connectivity index (χ3v) is 6.01. The second-order valence-corrected chi connectivity index (χ2v) is 8.06. The Labute approximate surface area is 165 Å². The molecule has 2 unspecified atom stereocenters. The maximum absolute atomic E-state index is 13.1. The summed E-state index contributed by atoms with van der Waals surface area (Å²) < 4.78 is 0. The lowest BCUT2D eigenvalue weighted by Crippen LogP contribution is -2.50. The molecule has 0 saturated carbocycles. The van der Waals surface area contributed by atoms with Gasteiger partial charge in [0.05, 0.1) is 11.1 Å². The number of hydrogen-bond donors (Lipinski definition) is 0. The van der Waals surface area contributed by atoms with Gasteiger partial charge in [0.2, 0.25) is 0 Å². The Morgan fingerprint density at radius 3 is 2.52 bits per heavy atom. The highest BCUT2D eigenvalue weighted by Gasteiger charge is 2.41. The van der Waals surface area contributed by atoms with Crippen LogP contribution in [0.5, 0.6) is 0 Å². The lowest BCUT2D eigenvalue weighted by molar-refractivity contribution is 0.0712. The summed E-state index contributed by atoms with van der Waals surface area (Å²) in [5.41, 5.74) is 1.87. The van der Waals surface area contributed by atoms with Crippen molar-refractivity contribution >= 4 is 29.0 Å². The minimum absolute atomic E-state index is 0.138. The molecule has 27 heavy (non-hydrogen) atoms. The number of amides is 1. The highest BCUT2D eigenvalue weighted by molar-refractivity contribution is 6.30. The first-order valence-corrected chi connectivity index (χ1v) is 9.85. The third kappa shape index (κ3) is 3.61. The minimum Gasteiger partial charge on any atom is -0.378 e. The van der Waals surface area contributed by atoms with Crippen LogP contribution in [0, 0.1) is 5.92 Å². The zero-order valence-corrected chi connectivity index (χ0v) is 16.6. The number of likely N-dealkylation sites (tertiary alicyclic amines) is 1. The quantitative estimate of drug-likeness (QED) is 0.811.